The molecule has 0 amide bonds. The van der Waals surface area contributed by atoms with Gasteiger partial charge in [-0.3, -0.25) is 9.80 Å². The van der Waals surface area contributed by atoms with Crippen molar-refractivity contribution in [3.05, 3.63) is 35.9 Å². The van der Waals surface area contributed by atoms with E-state index < -0.39 is 6.10 Å². The fourth-order valence-electron chi connectivity index (χ4n) is 2.67. The zero-order chi connectivity index (χ0) is 14.4. The smallest absolute Gasteiger partial charge is 0.0916 e. The lowest BCUT2D eigenvalue weighted by molar-refractivity contribution is 0.0598. The molecule has 0 radical (unpaired) electrons. The maximum atomic E-state index is 10.2. The molecule has 0 aliphatic carbocycles. The summed E-state index contributed by atoms with van der Waals surface area (Å²) >= 11 is 0. The summed E-state index contributed by atoms with van der Waals surface area (Å²) in [4.78, 5) is 4.65. The predicted octanol–water partition coefficient (Wildman–Crippen LogP) is 1.64. The number of aliphatic hydroxyl groups is 1. The van der Waals surface area contributed by atoms with Crippen LogP contribution in [-0.4, -0.2) is 53.7 Å². The third-order valence-electron chi connectivity index (χ3n) is 4.03. The Kier molecular flexibility index (Phi) is 5.54. The van der Waals surface area contributed by atoms with Crippen molar-refractivity contribution in [2.45, 2.75) is 25.5 Å². The van der Waals surface area contributed by atoms with E-state index >= 15 is 0 Å². The monoisotopic (exact) mass is 273 g/mol. The topological polar surface area (TPSA) is 50.5 Å². The van der Waals surface area contributed by atoms with E-state index in [9.17, 15) is 5.11 Å². The summed E-state index contributed by atoms with van der Waals surface area (Å²) in [6.07, 6.45) is 0.173. The Labute approximate surface area is 121 Å². The van der Waals surface area contributed by atoms with Gasteiger partial charge < -0.3 is 5.11 Å². The number of benzene rings is 1. The van der Waals surface area contributed by atoms with Crippen molar-refractivity contribution in [2.24, 2.45) is 0 Å². The minimum atomic E-state index is -0.417. The molecule has 108 valence electrons. The second-order valence-electron chi connectivity index (χ2n) is 5.47. The standard InChI is InChI=1S/C16H23N3O/c1-14(7-8-17)19-11-9-18(10-12-19)13-16(20)15-5-3-2-4-6-15/h2-6,14,16,20H,7,9-13H2,1H3/t14-,16+/m0/s1. The number of aliphatic hydroxyl groups excluding tert-OH is 1. The van der Waals surface area contributed by atoms with Gasteiger partial charge in [-0.25, -0.2) is 0 Å². The molecule has 4 nitrogen and oxygen atoms in total. The number of piperazine rings is 1. The Morgan fingerprint density at radius 3 is 2.45 bits per heavy atom. The van der Waals surface area contributed by atoms with Gasteiger partial charge in [-0.15, -0.1) is 0 Å². The van der Waals surface area contributed by atoms with Crippen molar-refractivity contribution < 1.29 is 5.11 Å². The van der Waals surface area contributed by atoms with Crippen molar-refractivity contribution in [2.75, 3.05) is 32.7 Å². The molecular formula is C16H23N3O. The molecule has 1 fully saturated rings. The lowest BCUT2D eigenvalue weighted by Crippen LogP contribution is -2.50. The Balaban J connectivity index is 1.79. The molecular weight excluding hydrogens is 250 g/mol. The van der Waals surface area contributed by atoms with Crippen molar-refractivity contribution in [3.63, 3.8) is 0 Å². The molecule has 0 saturated carbocycles. The zero-order valence-corrected chi connectivity index (χ0v) is 12.1. The highest BCUT2D eigenvalue weighted by Crippen LogP contribution is 2.16. The first-order valence-electron chi connectivity index (χ1n) is 7.27. The summed E-state index contributed by atoms with van der Waals surface area (Å²) in [7, 11) is 0. The van der Waals surface area contributed by atoms with Crippen LogP contribution in [0.25, 0.3) is 0 Å². The van der Waals surface area contributed by atoms with Gasteiger partial charge in [-0.2, -0.15) is 5.26 Å². The first-order chi connectivity index (χ1) is 9.70. The SMILES string of the molecule is C[C@@H](CC#N)N1CCN(C[C@@H](O)c2ccccc2)CC1. The maximum absolute atomic E-state index is 10.2. The molecule has 1 aromatic carbocycles. The second-order valence-corrected chi connectivity index (χ2v) is 5.47. The molecule has 2 atom stereocenters. The molecule has 1 aliphatic rings. The summed E-state index contributed by atoms with van der Waals surface area (Å²) in [5.74, 6) is 0. The van der Waals surface area contributed by atoms with Gasteiger partial charge in [-0.05, 0) is 12.5 Å². The predicted molar refractivity (Wildman–Crippen MR) is 79.1 cm³/mol. The minimum Gasteiger partial charge on any atom is -0.387 e. The molecule has 1 aromatic rings. The van der Waals surface area contributed by atoms with E-state index in [0.29, 0.717) is 19.0 Å². The van der Waals surface area contributed by atoms with Gasteiger partial charge in [0.1, 0.15) is 0 Å². The van der Waals surface area contributed by atoms with Crippen molar-refractivity contribution >= 4 is 0 Å². The van der Waals surface area contributed by atoms with Crippen molar-refractivity contribution in [1.82, 2.24) is 9.80 Å². The van der Waals surface area contributed by atoms with Crippen LogP contribution in [0.1, 0.15) is 25.0 Å². The highest BCUT2D eigenvalue weighted by Gasteiger charge is 2.22. The van der Waals surface area contributed by atoms with Gasteiger partial charge in [0.2, 0.25) is 0 Å². The molecule has 0 aromatic heterocycles. The van der Waals surface area contributed by atoms with Crippen LogP contribution in [0.15, 0.2) is 30.3 Å². The van der Waals surface area contributed by atoms with Crippen LogP contribution in [0.3, 0.4) is 0 Å². The van der Waals surface area contributed by atoms with Crippen LogP contribution in [-0.2, 0) is 0 Å². The van der Waals surface area contributed by atoms with Crippen LogP contribution in [0.5, 0.6) is 0 Å². The van der Waals surface area contributed by atoms with Gasteiger partial charge in [0.05, 0.1) is 18.6 Å². The second kappa shape index (κ2) is 7.39. The molecule has 0 bridgehead atoms. The van der Waals surface area contributed by atoms with E-state index in [4.69, 9.17) is 5.26 Å². The zero-order valence-electron chi connectivity index (χ0n) is 12.1. The van der Waals surface area contributed by atoms with Gasteiger partial charge in [0.15, 0.2) is 0 Å². The third-order valence-corrected chi connectivity index (χ3v) is 4.03. The van der Waals surface area contributed by atoms with Crippen molar-refractivity contribution in [1.29, 1.82) is 5.26 Å². The Morgan fingerprint density at radius 2 is 1.85 bits per heavy atom. The first-order valence-corrected chi connectivity index (χ1v) is 7.27. The number of nitriles is 1. The van der Waals surface area contributed by atoms with Crippen LogP contribution in [0, 0.1) is 11.3 Å². The molecule has 2 rings (SSSR count). The van der Waals surface area contributed by atoms with Crippen LogP contribution < -0.4 is 0 Å². The van der Waals surface area contributed by atoms with Gasteiger partial charge in [0, 0.05) is 38.8 Å². The third kappa shape index (κ3) is 4.04. The summed E-state index contributed by atoms with van der Waals surface area (Å²) in [5, 5.41) is 19.0. The van der Waals surface area contributed by atoms with Crippen LogP contribution >= 0.6 is 0 Å². The van der Waals surface area contributed by atoms with Crippen LogP contribution in [0.2, 0.25) is 0 Å². The molecule has 1 N–H and O–H groups in total. The molecule has 0 unspecified atom stereocenters. The van der Waals surface area contributed by atoms with E-state index in [-0.39, 0.29) is 0 Å². The molecule has 1 aliphatic heterocycles. The Hall–Kier alpha value is -1.41. The van der Waals surface area contributed by atoms with E-state index in [0.717, 1.165) is 31.7 Å². The van der Waals surface area contributed by atoms with E-state index in [1.54, 1.807) is 0 Å². The van der Waals surface area contributed by atoms with E-state index in [1.165, 1.54) is 0 Å². The quantitative estimate of drug-likeness (QED) is 0.886. The molecule has 1 saturated heterocycles. The average Bonchev–Trinajstić information content (AvgIpc) is 2.49. The van der Waals surface area contributed by atoms with E-state index in [2.05, 4.69) is 22.8 Å². The number of hydrogen-bond acceptors (Lipinski definition) is 4. The highest BCUT2D eigenvalue weighted by molar-refractivity contribution is 5.17. The molecule has 0 spiro atoms. The highest BCUT2D eigenvalue weighted by atomic mass is 16.3. The number of rotatable bonds is 5. The van der Waals surface area contributed by atoms with Gasteiger partial charge in [0.25, 0.3) is 0 Å². The Morgan fingerprint density at radius 1 is 1.20 bits per heavy atom. The lowest BCUT2D eigenvalue weighted by Gasteiger charge is -2.38. The van der Waals surface area contributed by atoms with Crippen molar-refractivity contribution in [3.8, 4) is 6.07 Å². The minimum absolute atomic E-state index is 0.334. The maximum Gasteiger partial charge on any atom is 0.0916 e. The fourth-order valence-corrected chi connectivity index (χ4v) is 2.67. The summed E-state index contributed by atoms with van der Waals surface area (Å²) in [6, 6.07) is 12.4. The summed E-state index contributed by atoms with van der Waals surface area (Å²) < 4.78 is 0. The molecule has 20 heavy (non-hydrogen) atoms. The van der Waals surface area contributed by atoms with Gasteiger partial charge in [-0.1, -0.05) is 30.3 Å². The number of β-amino-alcohol motifs (C(OH)–C–C–N with tert-alkyl or cyclic N) is 1. The normalized spacial score (nSPS) is 20.2. The Bertz CT molecular complexity index is 435. The first kappa shape index (κ1) is 15.0. The summed E-state index contributed by atoms with van der Waals surface area (Å²) in [5.41, 5.74) is 0.979. The molecule has 4 heteroatoms. The van der Waals surface area contributed by atoms with Crippen LogP contribution in [0.4, 0.5) is 0 Å². The fraction of sp³-hybridized carbons (Fsp3) is 0.562. The molecule has 1 heterocycles. The number of hydrogen-bond donors (Lipinski definition) is 1. The number of nitrogens with zero attached hydrogens (tertiary/aromatic N) is 3. The summed E-state index contributed by atoms with van der Waals surface area (Å²) in [6.45, 7) is 6.66. The largest absolute Gasteiger partial charge is 0.387 e. The lowest BCUT2D eigenvalue weighted by atomic mass is 10.1. The van der Waals surface area contributed by atoms with E-state index in [1.807, 2.05) is 30.3 Å². The van der Waals surface area contributed by atoms with Gasteiger partial charge >= 0.3 is 0 Å². The average molecular weight is 273 g/mol.